The molecule has 4 atom stereocenters. The molecule has 13 heteroatoms. The van der Waals surface area contributed by atoms with Crippen molar-refractivity contribution in [2.45, 2.75) is 76.5 Å². The van der Waals surface area contributed by atoms with Crippen LogP contribution in [0.2, 0.25) is 0 Å². The molecule has 1 aromatic carbocycles. The smallest absolute Gasteiger partial charge is 0.326 e. The number of carbonyl (C=O) groups excluding carboxylic acids is 3. The van der Waals surface area contributed by atoms with Crippen LogP contribution in [0.1, 0.15) is 50.8 Å². The topological polar surface area (TPSA) is 221 Å². The number of hydrogen-bond acceptors (Lipinski definition) is 7. The summed E-state index contributed by atoms with van der Waals surface area (Å²) in [6, 6.07) is 3.34. The van der Waals surface area contributed by atoms with Crippen molar-refractivity contribution < 1.29 is 24.3 Å². The highest BCUT2D eigenvalue weighted by Crippen LogP contribution is 2.19. The maximum absolute atomic E-state index is 13.5. The van der Waals surface area contributed by atoms with Gasteiger partial charge in [-0.1, -0.05) is 38.5 Å². The lowest BCUT2D eigenvalue weighted by Gasteiger charge is -2.26. The van der Waals surface area contributed by atoms with Gasteiger partial charge in [0.1, 0.15) is 18.1 Å². The Bertz CT molecular complexity index is 1320. The van der Waals surface area contributed by atoms with Crippen LogP contribution < -0.4 is 27.4 Å². The minimum atomic E-state index is -1.23. The number of carboxylic acids is 1. The average molecular weight is 583 g/mol. The molecule has 228 valence electrons. The summed E-state index contributed by atoms with van der Waals surface area (Å²) in [5.74, 6) is -2.93. The second kappa shape index (κ2) is 15.7. The van der Waals surface area contributed by atoms with E-state index in [1.165, 1.54) is 12.5 Å². The molecule has 4 unspecified atom stereocenters. The number of aromatic nitrogens is 3. The number of benzene rings is 1. The Morgan fingerprint density at radius 2 is 1.62 bits per heavy atom. The Labute approximate surface area is 244 Å². The number of fused-ring (bicyclic) bond motifs is 1. The number of nitrogens with zero attached hydrogens (tertiary/aromatic N) is 1. The number of imidazole rings is 1. The van der Waals surface area contributed by atoms with E-state index >= 15 is 0 Å². The lowest BCUT2D eigenvalue weighted by atomic mass is 10.0. The molecule has 13 nitrogen and oxygen atoms in total. The van der Waals surface area contributed by atoms with Gasteiger partial charge < -0.3 is 42.5 Å². The van der Waals surface area contributed by atoms with Crippen LogP contribution >= 0.6 is 0 Å². The molecule has 0 saturated carbocycles. The fourth-order valence-electron chi connectivity index (χ4n) is 4.71. The van der Waals surface area contributed by atoms with Gasteiger partial charge >= 0.3 is 5.97 Å². The number of aliphatic carboxylic acids is 1. The molecule has 3 aromatic rings. The van der Waals surface area contributed by atoms with Crippen LogP contribution in [-0.4, -0.2) is 74.5 Å². The average Bonchev–Trinajstić information content (AvgIpc) is 3.61. The lowest BCUT2D eigenvalue weighted by Crippen LogP contribution is -2.58. The monoisotopic (exact) mass is 582 g/mol. The fraction of sp³-hybridized carbons (Fsp3) is 0.483. The molecule has 3 amide bonds. The van der Waals surface area contributed by atoms with Crippen LogP contribution in [0, 0.1) is 5.92 Å². The van der Waals surface area contributed by atoms with Gasteiger partial charge in [0.15, 0.2) is 0 Å². The zero-order valence-corrected chi connectivity index (χ0v) is 24.1. The molecule has 3 rings (SSSR count). The van der Waals surface area contributed by atoms with Gasteiger partial charge in [0, 0.05) is 41.8 Å². The molecule has 2 aromatic heterocycles. The van der Waals surface area contributed by atoms with Crippen molar-refractivity contribution in [1.29, 1.82) is 0 Å². The van der Waals surface area contributed by atoms with Crippen molar-refractivity contribution >= 4 is 34.6 Å². The number of carbonyl (C=O) groups is 4. The number of amides is 3. The third-order valence-electron chi connectivity index (χ3n) is 6.97. The van der Waals surface area contributed by atoms with E-state index in [-0.39, 0.29) is 25.2 Å². The zero-order chi connectivity index (χ0) is 30.6. The molecular formula is C29H42N8O5. The first-order valence-electron chi connectivity index (χ1n) is 14.2. The van der Waals surface area contributed by atoms with Gasteiger partial charge in [0.25, 0.3) is 0 Å². The van der Waals surface area contributed by atoms with E-state index < -0.39 is 47.9 Å². The summed E-state index contributed by atoms with van der Waals surface area (Å²) in [6.07, 6.45) is 6.91. The number of rotatable bonds is 17. The molecule has 10 N–H and O–H groups in total. The first-order valence-corrected chi connectivity index (χ1v) is 14.2. The van der Waals surface area contributed by atoms with Crippen molar-refractivity contribution in [2.24, 2.45) is 17.4 Å². The predicted octanol–water partition coefficient (Wildman–Crippen LogP) is 0.718. The number of aromatic amines is 2. The van der Waals surface area contributed by atoms with Crippen molar-refractivity contribution in [3.63, 3.8) is 0 Å². The largest absolute Gasteiger partial charge is 0.480 e. The van der Waals surface area contributed by atoms with E-state index in [0.717, 1.165) is 22.9 Å². The van der Waals surface area contributed by atoms with Gasteiger partial charge in [-0.2, -0.15) is 0 Å². The maximum atomic E-state index is 13.5. The third-order valence-corrected chi connectivity index (χ3v) is 6.97. The van der Waals surface area contributed by atoms with Gasteiger partial charge in [0.2, 0.25) is 17.7 Å². The van der Waals surface area contributed by atoms with Crippen molar-refractivity contribution in [2.75, 3.05) is 6.54 Å². The normalized spacial score (nSPS) is 14.2. The van der Waals surface area contributed by atoms with Crippen molar-refractivity contribution in [1.82, 2.24) is 30.9 Å². The highest BCUT2D eigenvalue weighted by Gasteiger charge is 2.31. The summed E-state index contributed by atoms with van der Waals surface area (Å²) in [5.41, 5.74) is 13.8. The number of H-pyrrole nitrogens is 2. The Kier molecular flexibility index (Phi) is 12.1. The van der Waals surface area contributed by atoms with Crippen molar-refractivity contribution in [3.05, 3.63) is 54.2 Å². The molecule has 0 aliphatic heterocycles. The standard InChI is InChI=1S/C29H42N8O5/c1-17(2)11-23(27(39)37-25(29(41)42)12-18-14-33-22-9-4-3-7-20(18)22)36-28(40)24(13-19-15-32-16-34-19)35-26(38)21(31)8-5-6-10-30/h3-4,7,9,14-17,21,23-25,33H,5-6,8,10-13,30-31H2,1-2H3,(H,32,34)(H,35,38)(H,36,40)(H,37,39)(H,41,42). The number of nitrogens with two attached hydrogens (primary N) is 2. The van der Waals surface area contributed by atoms with Crippen LogP contribution in [0.25, 0.3) is 10.9 Å². The van der Waals surface area contributed by atoms with Crippen LogP contribution in [0.15, 0.2) is 43.0 Å². The predicted molar refractivity (Wildman–Crippen MR) is 158 cm³/mol. The summed E-state index contributed by atoms with van der Waals surface area (Å²) in [7, 11) is 0. The molecular weight excluding hydrogens is 540 g/mol. The fourth-order valence-corrected chi connectivity index (χ4v) is 4.71. The van der Waals surface area contributed by atoms with Gasteiger partial charge in [-0.3, -0.25) is 14.4 Å². The Morgan fingerprint density at radius 3 is 2.29 bits per heavy atom. The van der Waals surface area contributed by atoms with E-state index in [4.69, 9.17) is 11.5 Å². The Hall–Kier alpha value is -4.23. The molecule has 0 spiro atoms. The highest BCUT2D eigenvalue weighted by atomic mass is 16.4. The number of para-hydroxylation sites is 1. The summed E-state index contributed by atoms with van der Waals surface area (Å²) >= 11 is 0. The SMILES string of the molecule is CC(C)CC(NC(=O)C(Cc1cnc[nH]1)NC(=O)C(N)CCCCN)C(=O)NC(Cc1c[nH]c2ccccc12)C(=O)O. The zero-order valence-electron chi connectivity index (χ0n) is 24.1. The van der Waals surface area contributed by atoms with Gasteiger partial charge in [-0.25, -0.2) is 9.78 Å². The number of hydrogen-bond donors (Lipinski definition) is 8. The first kappa shape index (κ1) is 32.3. The van der Waals surface area contributed by atoms with Crippen LogP contribution in [0.4, 0.5) is 0 Å². The van der Waals surface area contributed by atoms with Crippen molar-refractivity contribution in [3.8, 4) is 0 Å². The van der Waals surface area contributed by atoms with E-state index in [9.17, 15) is 24.3 Å². The van der Waals surface area contributed by atoms with E-state index in [2.05, 4.69) is 30.9 Å². The van der Waals surface area contributed by atoms with Crippen LogP contribution in [0.5, 0.6) is 0 Å². The van der Waals surface area contributed by atoms with Crippen LogP contribution in [-0.2, 0) is 32.0 Å². The molecule has 0 aliphatic carbocycles. The molecule has 42 heavy (non-hydrogen) atoms. The Morgan fingerprint density at radius 1 is 0.929 bits per heavy atom. The second-order valence-corrected chi connectivity index (χ2v) is 10.9. The quantitative estimate of drug-likeness (QED) is 0.106. The van der Waals surface area contributed by atoms with Gasteiger partial charge in [-0.15, -0.1) is 0 Å². The van der Waals surface area contributed by atoms with Crippen LogP contribution in [0.3, 0.4) is 0 Å². The molecule has 0 radical (unpaired) electrons. The number of carboxylic acid groups (broad SMARTS) is 1. The van der Waals surface area contributed by atoms with E-state index in [0.29, 0.717) is 25.1 Å². The maximum Gasteiger partial charge on any atom is 0.326 e. The summed E-state index contributed by atoms with van der Waals surface area (Å²) in [4.78, 5) is 61.9. The minimum absolute atomic E-state index is 0.00504. The molecule has 2 heterocycles. The summed E-state index contributed by atoms with van der Waals surface area (Å²) in [6.45, 7) is 4.26. The van der Waals surface area contributed by atoms with E-state index in [1.807, 2.05) is 38.1 Å². The van der Waals surface area contributed by atoms with Gasteiger partial charge in [0.05, 0.1) is 12.4 Å². The lowest BCUT2D eigenvalue weighted by molar-refractivity contribution is -0.142. The molecule has 0 saturated heterocycles. The Balaban J connectivity index is 1.74. The number of nitrogens with one attached hydrogen (secondary N) is 5. The van der Waals surface area contributed by atoms with Gasteiger partial charge in [-0.05, 0) is 43.4 Å². The molecule has 0 bridgehead atoms. The minimum Gasteiger partial charge on any atom is -0.480 e. The van der Waals surface area contributed by atoms with E-state index in [1.54, 1.807) is 6.20 Å². The highest BCUT2D eigenvalue weighted by molar-refractivity contribution is 5.94. The number of unbranched alkanes of at least 4 members (excludes halogenated alkanes) is 1. The first-order chi connectivity index (χ1) is 20.1. The second-order valence-electron chi connectivity index (χ2n) is 10.9. The molecule has 0 fully saturated rings. The molecule has 0 aliphatic rings. The third kappa shape index (κ3) is 9.42. The summed E-state index contributed by atoms with van der Waals surface area (Å²) < 4.78 is 0. The summed E-state index contributed by atoms with van der Waals surface area (Å²) in [5, 5.41) is 18.8.